The SMILES string of the molecule is CCC(CSC)N(C)c1nc(CNC)co1. The molecule has 0 saturated carbocycles. The Morgan fingerprint density at radius 2 is 2.38 bits per heavy atom. The summed E-state index contributed by atoms with van der Waals surface area (Å²) in [5.74, 6) is 1.09. The van der Waals surface area contributed by atoms with Crippen molar-refractivity contribution in [3.63, 3.8) is 0 Å². The average Bonchev–Trinajstić information content (AvgIpc) is 2.74. The second-order valence-electron chi connectivity index (χ2n) is 3.78. The Morgan fingerprint density at radius 3 is 2.94 bits per heavy atom. The van der Waals surface area contributed by atoms with Crippen LogP contribution in [0, 0.1) is 0 Å². The van der Waals surface area contributed by atoms with Crippen LogP contribution in [0.3, 0.4) is 0 Å². The molecule has 1 aromatic rings. The fourth-order valence-corrected chi connectivity index (χ4v) is 2.42. The predicted octanol–water partition coefficient (Wildman–Crippen LogP) is 1.97. The van der Waals surface area contributed by atoms with Crippen molar-refractivity contribution >= 4 is 17.8 Å². The quantitative estimate of drug-likeness (QED) is 0.793. The molecule has 0 bridgehead atoms. The van der Waals surface area contributed by atoms with E-state index in [2.05, 4.69) is 28.4 Å². The molecule has 92 valence electrons. The van der Waals surface area contributed by atoms with Crippen molar-refractivity contribution in [1.29, 1.82) is 0 Å². The Bertz CT molecular complexity index is 303. The zero-order valence-corrected chi connectivity index (χ0v) is 11.3. The minimum Gasteiger partial charge on any atom is -0.432 e. The molecule has 0 spiro atoms. The summed E-state index contributed by atoms with van der Waals surface area (Å²) in [7, 11) is 3.94. The van der Waals surface area contributed by atoms with E-state index in [0.29, 0.717) is 12.1 Å². The highest BCUT2D eigenvalue weighted by Gasteiger charge is 2.17. The molecule has 0 aliphatic rings. The van der Waals surface area contributed by atoms with Gasteiger partial charge in [-0.1, -0.05) is 6.92 Å². The van der Waals surface area contributed by atoms with Gasteiger partial charge in [-0.15, -0.1) is 0 Å². The van der Waals surface area contributed by atoms with Crippen LogP contribution in [-0.4, -0.2) is 37.1 Å². The van der Waals surface area contributed by atoms with E-state index < -0.39 is 0 Å². The molecule has 0 aliphatic carbocycles. The Morgan fingerprint density at radius 1 is 1.62 bits per heavy atom. The van der Waals surface area contributed by atoms with Crippen LogP contribution < -0.4 is 10.2 Å². The van der Waals surface area contributed by atoms with Crippen LogP contribution in [0.5, 0.6) is 0 Å². The van der Waals surface area contributed by atoms with E-state index in [1.807, 2.05) is 25.9 Å². The van der Waals surface area contributed by atoms with Gasteiger partial charge in [0.15, 0.2) is 0 Å². The smallest absolute Gasteiger partial charge is 0.297 e. The second kappa shape index (κ2) is 6.81. The van der Waals surface area contributed by atoms with Crippen LogP contribution in [0.15, 0.2) is 10.7 Å². The first-order valence-electron chi connectivity index (χ1n) is 5.53. The molecule has 0 radical (unpaired) electrons. The van der Waals surface area contributed by atoms with Crippen molar-refractivity contribution < 1.29 is 4.42 Å². The fourth-order valence-electron chi connectivity index (χ4n) is 1.57. The molecule has 0 amide bonds. The van der Waals surface area contributed by atoms with Gasteiger partial charge in [-0.05, 0) is 19.7 Å². The first-order valence-corrected chi connectivity index (χ1v) is 6.93. The van der Waals surface area contributed by atoms with Gasteiger partial charge in [0.1, 0.15) is 6.26 Å². The van der Waals surface area contributed by atoms with Gasteiger partial charge in [0, 0.05) is 25.4 Å². The lowest BCUT2D eigenvalue weighted by Crippen LogP contribution is -2.33. The number of anilines is 1. The molecular weight excluding hydrogens is 222 g/mol. The van der Waals surface area contributed by atoms with Gasteiger partial charge >= 0.3 is 0 Å². The number of hydrogen-bond acceptors (Lipinski definition) is 5. The van der Waals surface area contributed by atoms with Crippen molar-refractivity contribution in [1.82, 2.24) is 10.3 Å². The Hall–Kier alpha value is -0.680. The van der Waals surface area contributed by atoms with Crippen LogP contribution >= 0.6 is 11.8 Å². The summed E-state index contributed by atoms with van der Waals surface area (Å²) in [6, 6.07) is 1.20. The van der Waals surface area contributed by atoms with Crippen molar-refractivity contribution in [3.8, 4) is 0 Å². The molecule has 0 saturated heterocycles. The van der Waals surface area contributed by atoms with Crippen LogP contribution in [-0.2, 0) is 6.54 Å². The summed E-state index contributed by atoms with van der Waals surface area (Å²) in [6.07, 6.45) is 4.94. The molecule has 1 rings (SSSR count). The van der Waals surface area contributed by atoms with Gasteiger partial charge in [0.2, 0.25) is 0 Å². The summed E-state index contributed by atoms with van der Waals surface area (Å²) in [5.41, 5.74) is 0.948. The van der Waals surface area contributed by atoms with Crippen molar-refractivity contribution in [2.75, 3.05) is 31.0 Å². The third kappa shape index (κ3) is 3.42. The molecule has 0 fully saturated rings. The molecule has 4 nitrogen and oxygen atoms in total. The number of thioether (sulfide) groups is 1. The maximum Gasteiger partial charge on any atom is 0.297 e. The minimum atomic E-state index is 0.482. The zero-order valence-electron chi connectivity index (χ0n) is 10.5. The molecule has 1 atom stereocenters. The van der Waals surface area contributed by atoms with Crippen molar-refractivity contribution in [2.24, 2.45) is 0 Å². The highest BCUT2D eigenvalue weighted by molar-refractivity contribution is 7.98. The first kappa shape index (κ1) is 13.4. The third-order valence-corrected chi connectivity index (χ3v) is 3.30. The Kier molecular flexibility index (Phi) is 5.69. The number of rotatable bonds is 7. The molecular formula is C11H21N3OS. The summed E-state index contributed by atoms with van der Waals surface area (Å²) in [4.78, 5) is 6.56. The highest BCUT2D eigenvalue weighted by Crippen LogP contribution is 2.18. The molecule has 0 aliphatic heterocycles. The molecule has 1 aromatic heterocycles. The molecule has 1 N–H and O–H groups in total. The summed E-state index contributed by atoms with van der Waals surface area (Å²) in [5, 5.41) is 3.06. The summed E-state index contributed by atoms with van der Waals surface area (Å²) in [6.45, 7) is 2.94. The van der Waals surface area contributed by atoms with E-state index in [9.17, 15) is 0 Å². The van der Waals surface area contributed by atoms with E-state index in [-0.39, 0.29) is 0 Å². The van der Waals surface area contributed by atoms with Crippen molar-refractivity contribution in [2.45, 2.75) is 25.9 Å². The Balaban J connectivity index is 2.66. The lowest BCUT2D eigenvalue weighted by atomic mass is 10.2. The lowest BCUT2D eigenvalue weighted by Gasteiger charge is -2.24. The summed E-state index contributed by atoms with van der Waals surface area (Å²) >= 11 is 1.85. The number of nitrogens with one attached hydrogen (secondary N) is 1. The molecule has 0 aromatic carbocycles. The van der Waals surface area contributed by atoms with E-state index in [4.69, 9.17) is 4.42 Å². The standard InChI is InChI=1S/C11H21N3OS/c1-5-10(8-16-4)14(3)11-13-9(6-12-2)7-15-11/h7,10,12H,5-6,8H2,1-4H3. The zero-order chi connectivity index (χ0) is 12.0. The van der Waals surface area contributed by atoms with Gasteiger partial charge < -0.3 is 14.6 Å². The van der Waals surface area contributed by atoms with Crippen molar-refractivity contribution in [3.05, 3.63) is 12.0 Å². The minimum absolute atomic E-state index is 0.482. The van der Waals surface area contributed by atoms with Crippen LogP contribution in [0.1, 0.15) is 19.0 Å². The first-order chi connectivity index (χ1) is 7.72. The van der Waals surface area contributed by atoms with Gasteiger partial charge in [-0.25, -0.2) is 0 Å². The maximum absolute atomic E-state index is 5.47. The van der Waals surface area contributed by atoms with Crippen LogP contribution in [0.4, 0.5) is 6.01 Å². The molecule has 1 heterocycles. The van der Waals surface area contributed by atoms with Gasteiger partial charge in [-0.2, -0.15) is 16.7 Å². The van der Waals surface area contributed by atoms with Gasteiger partial charge in [0.25, 0.3) is 6.01 Å². The second-order valence-corrected chi connectivity index (χ2v) is 4.69. The van der Waals surface area contributed by atoms with E-state index in [0.717, 1.165) is 24.4 Å². The number of hydrogen-bond donors (Lipinski definition) is 1. The number of aromatic nitrogens is 1. The van der Waals surface area contributed by atoms with Gasteiger partial charge in [-0.3, -0.25) is 0 Å². The van der Waals surface area contributed by atoms with E-state index >= 15 is 0 Å². The normalized spacial score (nSPS) is 12.8. The summed E-state index contributed by atoms with van der Waals surface area (Å²) < 4.78 is 5.47. The fraction of sp³-hybridized carbons (Fsp3) is 0.727. The lowest BCUT2D eigenvalue weighted by molar-refractivity contribution is 0.517. The topological polar surface area (TPSA) is 41.3 Å². The number of nitrogens with zero attached hydrogens (tertiary/aromatic N) is 2. The van der Waals surface area contributed by atoms with Crippen LogP contribution in [0.2, 0.25) is 0 Å². The maximum atomic E-state index is 5.47. The molecule has 1 unspecified atom stereocenters. The Labute approximate surface area is 102 Å². The average molecular weight is 243 g/mol. The number of oxazole rings is 1. The predicted molar refractivity (Wildman–Crippen MR) is 70.1 cm³/mol. The highest BCUT2D eigenvalue weighted by atomic mass is 32.2. The third-order valence-electron chi connectivity index (χ3n) is 2.58. The molecule has 5 heteroatoms. The molecule has 16 heavy (non-hydrogen) atoms. The van der Waals surface area contributed by atoms with Crippen LogP contribution in [0.25, 0.3) is 0 Å². The monoisotopic (exact) mass is 243 g/mol. The van der Waals surface area contributed by atoms with E-state index in [1.54, 1.807) is 6.26 Å². The van der Waals surface area contributed by atoms with E-state index in [1.165, 1.54) is 0 Å². The largest absolute Gasteiger partial charge is 0.432 e. The van der Waals surface area contributed by atoms with Gasteiger partial charge in [0.05, 0.1) is 5.69 Å².